The van der Waals surface area contributed by atoms with Gasteiger partial charge in [-0.3, -0.25) is 14.8 Å². The number of aromatic nitrogens is 2. The van der Waals surface area contributed by atoms with Crippen LogP contribution in [0.5, 0.6) is 0 Å². The summed E-state index contributed by atoms with van der Waals surface area (Å²) in [6.07, 6.45) is 4.19. The van der Waals surface area contributed by atoms with Gasteiger partial charge >= 0.3 is 0 Å². The smallest absolute Gasteiger partial charge is 0.233 e. The van der Waals surface area contributed by atoms with Crippen LogP contribution in [0.4, 0.5) is 4.39 Å². The number of fused-ring (bicyclic) bond motifs is 1. The van der Waals surface area contributed by atoms with Gasteiger partial charge < -0.3 is 9.88 Å². The van der Waals surface area contributed by atoms with Crippen molar-refractivity contribution in [3.05, 3.63) is 28.8 Å². The fourth-order valence-corrected chi connectivity index (χ4v) is 3.90. The lowest BCUT2D eigenvalue weighted by atomic mass is 9.99. The van der Waals surface area contributed by atoms with Crippen molar-refractivity contribution in [1.29, 1.82) is 0 Å². The van der Waals surface area contributed by atoms with Crippen LogP contribution in [0.25, 0.3) is 11.0 Å². The number of carbonyl (C=O) groups excluding carboxylic acids is 2. The monoisotopic (exact) mass is 410 g/mol. The summed E-state index contributed by atoms with van der Waals surface area (Å²) in [5.41, 5.74) is 1.08. The van der Waals surface area contributed by atoms with E-state index in [1.165, 1.54) is 12.1 Å². The Balaban J connectivity index is 1.84. The summed E-state index contributed by atoms with van der Waals surface area (Å²) in [5, 5.41) is 10.1. The van der Waals surface area contributed by atoms with E-state index in [-0.39, 0.29) is 23.5 Å². The SMILES string of the molecule is CCCC[C@@H](CN(O)C=O)C(=O)N1CCC[C@H]1c1nc2cc(Cl)c(F)cc2[nH]1. The molecule has 2 amide bonds. The number of hydrogen-bond acceptors (Lipinski definition) is 4. The number of halogens is 2. The normalized spacial score (nSPS) is 17.9. The van der Waals surface area contributed by atoms with Crippen molar-refractivity contribution in [1.82, 2.24) is 19.9 Å². The number of unbranched alkanes of at least 4 members (excludes halogenated alkanes) is 1. The minimum Gasteiger partial charge on any atom is -0.340 e. The second-order valence-electron chi connectivity index (χ2n) is 7.16. The maximum atomic E-state index is 13.7. The molecule has 0 spiro atoms. The predicted octanol–water partition coefficient (Wildman–Crippen LogP) is 3.67. The summed E-state index contributed by atoms with van der Waals surface area (Å²) in [7, 11) is 0. The Labute approximate surface area is 167 Å². The zero-order valence-corrected chi connectivity index (χ0v) is 16.5. The molecule has 9 heteroatoms. The van der Waals surface area contributed by atoms with E-state index < -0.39 is 11.7 Å². The highest BCUT2D eigenvalue weighted by Gasteiger charge is 2.36. The van der Waals surface area contributed by atoms with Crippen molar-refractivity contribution in [2.45, 2.75) is 45.1 Å². The third-order valence-corrected chi connectivity index (χ3v) is 5.47. The molecule has 2 atom stereocenters. The number of carbonyl (C=O) groups is 2. The molecule has 1 aromatic carbocycles. The van der Waals surface area contributed by atoms with Crippen LogP contribution in [0.3, 0.4) is 0 Å². The molecule has 152 valence electrons. The van der Waals surface area contributed by atoms with Gasteiger partial charge in [0.2, 0.25) is 12.3 Å². The lowest BCUT2D eigenvalue weighted by Crippen LogP contribution is -2.40. The summed E-state index contributed by atoms with van der Waals surface area (Å²) in [5.74, 6) is -0.526. The first kappa shape index (κ1) is 20.5. The number of amides is 2. The zero-order valence-electron chi connectivity index (χ0n) is 15.7. The molecule has 1 aliphatic heterocycles. The minimum absolute atomic E-state index is 0.00133. The quantitative estimate of drug-likeness (QED) is 0.394. The maximum absolute atomic E-state index is 13.7. The molecule has 0 saturated carbocycles. The molecule has 1 aliphatic rings. The average Bonchev–Trinajstić information content (AvgIpc) is 3.31. The zero-order chi connectivity index (χ0) is 20.3. The number of nitrogens with one attached hydrogen (secondary N) is 1. The molecule has 28 heavy (non-hydrogen) atoms. The summed E-state index contributed by atoms with van der Waals surface area (Å²) in [6, 6.07) is 2.51. The van der Waals surface area contributed by atoms with Gasteiger partial charge in [-0.15, -0.1) is 0 Å². The maximum Gasteiger partial charge on any atom is 0.233 e. The van der Waals surface area contributed by atoms with Crippen LogP contribution in [-0.2, 0) is 9.59 Å². The Morgan fingerprint density at radius 2 is 2.36 bits per heavy atom. The third kappa shape index (κ3) is 4.28. The van der Waals surface area contributed by atoms with E-state index in [9.17, 15) is 19.2 Å². The first-order chi connectivity index (χ1) is 13.4. The Morgan fingerprint density at radius 1 is 1.57 bits per heavy atom. The molecule has 0 bridgehead atoms. The van der Waals surface area contributed by atoms with Gasteiger partial charge in [0.05, 0.1) is 34.6 Å². The standard InChI is InChI=1S/C19H24ClFN4O3/c1-2-3-5-12(10-24(28)11-26)19(27)25-7-4-6-17(25)18-22-15-8-13(20)14(21)9-16(15)23-18/h8-9,11-12,17,28H,2-7,10H2,1H3,(H,22,23)/t12-,17-/m0/s1. The number of hydrogen-bond donors (Lipinski definition) is 2. The highest BCUT2D eigenvalue weighted by Crippen LogP contribution is 2.34. The lowest BCUT2D eigenvalue weighted by Gasteiger charge is -2.29. The van der Waals surface area contributed by atoms with E-state index in [2.05, 4.69) is 9.97 Å². The highest BCUT2D eigenvalue weighted by atomic mass is 35.5. The van der Waals surface area contributed by atoms with Gasteiger partial charge in [0.1, 0.15) is 11.6 Å². The number of hydroxylamine groups is 2. The van der Waals surface area contributed by atoms with E-state index in [0.29, 0.717) is 41.3 Å². The molecule has 3 rings (SSSR count). The molecule has 7 nitrogen and oxygen atoms in total. The van der Waals surface area contributed by atoms with Crippen molar-refractivity contribution in [3.8, 4) is 0 Å². The van der Waals surface area contributed by atoms with Crippen LogP contribution < -0.4 is 0 Å². The van der Waals surface area contributed by atoms with E-state index in [4.69, 9.17) is 11.6 Å². The molecule has 0 unspecified atom stereocenters. The molecule has 0 aliphatic carbocycles. The number of imidazole rings is 1. The van der Waals surface area contributed by atoms with Gasteiger partial charge in [-0.25, -0.2) is 14.4 Å². The van der Waals surface area contributed by atoms with Gasteiger partial charge in [0.25, 0.3) is 0 Å². The largest absolute Gasteiger partial charge is 0.340 e. The number of aromatic amines is 1. The number of benzene rings is 1. The van der Waals surface area contributed by atoms with Gasteiger partial charge in [0.15, 0.2) is 0 Å². The van der Waals surface area contributed by atoms with Crippen molar-refractivity contribution >= 4 is 35.0 Å². The molecule has 2 heterocycles. The molecular weight excluding hydrogens is 387 g/mol. The second-order valence-corrected chi connectivity index (χ2v) is 7.57. The summed E-state index contributed by atoms with van der Waals surface area (Å²) in [6.45, 7) is 2.56. The fraction of sp³-hybridized carbons (Fsp3) is 0.526. The molecule has 2 N–H and O–H groups in total. The first-order valence-electron chi connectivity index (χ1n) is 9.50. The van der Waals surface area contributed by atoms with E-state index in [0.717, 1.165) is 25.7 Å². The van der Waals surface area contributed by atoms with Gasteiger partial charge in [-0.2, -0.15) is 0 Å². The Bertz CT molecular complexity index is 820. The van der Waals surface area contributed by atoms with Crippen molar-refractivity contribution < 1.29 is 19.2 Å². The van der Waals surface area contributed by atoms with Crippen LogP contribution in [0.15, 0.2) is 12.1 Å². The van der Waals surface area contributed by atoms with Crippen LogP contribution in [-0.4, -0.2) is 50.5 Å². The van der Waals surface area contributed by atoms with Gasteiger partial charge in [-0.1, -0.05) is 31.4 Å². The number of likely N-dealkylation sites (tertiary alicyclic amines) is 1. The van der Waals surface area contributed by atoms with E-state index in [1.807, 2.05) is 6.92 Å². The second kappa shape index (κ2) is 8.87. The molecule has 2 aromatic rings. The van der Waals surface area contributed by atoms with Crippen molar-refractivity contribution in [2.75, 3.05) is 13.1 Å². The van der Waals surface area contributed by atoms with E-state index in [1.54, 1.807) is 4.90 Å². The van der Waals surface area contributed by atoms with Crippen LogP contribution in [0.2, 0.25) is 5.02 Å². The highest BCUT2D eigenvalue weighted by molar-refractivity contribution is 6.31. The summed E-state index contributed by atoms with van der Waals surface area (Å²) >= 11 is 5.84. The number of nitrogens with zero attached hydrogens (tertiary/aromatic N) is 3. The lowest BCUT2D eigenvalue weighted by molar-refractivity contribution is -0.157. The van der Waals surface area contributed by atoms with Crippen LogP contribution >= 0.6 is 11.6 Å². The van der Waals surface area contributed by atoms with Crippen molar-refractivity contribution in [3.63, 3.8) is 0 Å². The third-order valence-electron chi connectivity index (χ3n) is 5.18. The Kier molecular flexibility index (Phi) is 6.51. The van der Waals surface area contributed by atoms with Gasteiger partial charge in [-0.05, 0) is 25.3 Å². The summed E-state index contributed by atoms with van der Waals surface area (Å²) < 4.78 is 13.7. The Hall–Kier alpha value is -2.19. The predicted molar refractivity (Wildman–Crippen MR) is 102 cm³/mol. The molecule has 1 aromatic heterocycles. The minimum atomic E-state index is -0.528. The van der Waals surface area contributed by atoms with E-state index >= 15 is 0 Å². The van der Waals surface area contributed by atoms with Crippen molar-refractivity contribution in [2.24, 2.45) is 5.92 Å². The summed E-state index contributed by atoms with van der Waals surface area (Å²) in [4.78, 5) is 33.3. The molecule has 0 radical (unpaired) electrons. The molecular formula is C19H24ClFN4O3. The van der Waals surface area contributed by atoms with Gasteiger partial charge in [0, 0.05) is 12.6 Å². The first-order valence-corrected chi connectivity index (χ1v) is 9.88. The molecule has 1 fully saturated rings. The Morgan fingerprint density at radius 3 is 3.07 bits per heavy atom. The van der Waals surface area contributed by atoms with Crippen LogP contribution in [0.1, 0.15) is 50.9 Å². The molecule has 1 saturated heterocycles. The average molecular weight is 411 g/mol. The topological polar surface area (TPSA) is 89.5 Å². The van der Waals surface area contributed by atoms with Crippen LogP contribution in [0, 0.1) is 11.7 Å². The fourth-order valence-electron chi connectivity index (χ4n) is 3.74. The number of H-pyrrole nitrogens is 1. The number of rotatable bonds is 8.